The predicted molar refractivity (Wildman–Crippen MR) is 105 cm³/mol. The number of nitrogens with zero attached hydrogens (tertiary/aromatic N) is 5. The minimum Gasteiger partial charge on any atom is -0.378 e. The summed E-state index contributed by atoms with van der Waals surface area (Å²) in [5, 5.41) is 12.6. The molecule has 2 aromatic rings. The van der Waals surface area contributed by atoms with Crippen molar-refractivity contribution in [3.05, 3.63) is 23.4 Å². The van der Waals surface area contributed by atoms with Gasteiger partial charge < -0.3 is 15.0 Å². The predicted octanol–water partition coefficient (Wildman–Crippen LogP) is 2.62. The van der Waals surface area contributed by atoms with Gasteiger partial charge in [0.25, 0.3) is 0 Å². The van der Waals surface area contributed by atoms with Crippen LogP contribution in [0.25, 0.3) is 0 Å². The zero-order valence-corrected chi connectivity index (χ0v) is 16.5. The lowest BCUT2D eigenvalue weighted by molar-refractivity contribution is -0.115. The van der Waals surface area contributed by atoms with Crippen molar-refractivity contribution in [1.29, 1.82) is 0 Å². The first-order valence-corrected chi connectivity index (χ1v) is 10.2. The normalized spacial score (nSPS) is 18.4. The second kappa shape index (κ2) is 8.04. The third-order valence-electron chi connectivity index (χ3n) is 4.48. The van der Waals surface area contributed by atoms with Crippen LogP contribution in [0.1, 0.15) is 25.8 Å². The molecule has 2 aromatic heterocycles. The van der Waals surface area contributed by atoms with Crippen molar-refractivity contribution in [1.82, 2.24) is 19.7 Å². The summed E-state index contributed by atoms with van der Waals surface area (Å²) in [7, 11) is 0. The molecule has 10 heteroatoms. The van der Waals surface area contributed by atoms with Gasteiger partial charge in [0.2, 0.25) is 11.9 Å². The molecule has 0 spiro atoms. The smallest absolute Gasteiger partial charge is 0.238 e. The molecule has 1 saturated carbocycles. The Balaban J connectivity index is 1.45. The van der Waals surface area contributed by atoms with E-state index in [1.54, 1.807) is 12.1 Å². The molecule has 1 unspecified atom stereocenters. The van der Waals surface area contributed by atoms with E-state index in [2.05, 4.69) is 30.0 Å². The average Bonchev–Trinajstić information content (AvgIpc) is 3.44. The highest BCUT2D eigenvalue weighted by Gasteiger charge is 2.33. The van der Waals surface area contributed by atoms with Gasteiger partial charge in [-0.3, -0.25) is 9.36 Å². The highest BCUT2D eigenvalue weighted by molar-refractivity contribution is 8.00. The van der Waals surface area contributed by atoms with Gasteiger partial charge in [0, 0.05) is 25.3 Å². The van der Waals surface area contributed by atoms with Gasteiger partial charge in [-0.1, -0.05) is 23.4 Å². The fourth-order valence-electron chi connectivity index (χ4n) is 2.87. The van der Waals surface area contributed by atoms with E-state index in [1.165, 1.54) is 18.0 Å². The molecule has 0 radical (unpaired) electrons. The summed E-state index contributed by atoms with van der Waals surface area (Å²) < 4.78 is 7.61. The number of hydrogen-bond acceptors (Lipinski definition) is 7. The molecule has 1 saturated heterocycles. The van der Waals surface area contributed by atoms with Crippen LogP contribution in [0.15, 0.2) is 23.5 Å². The number of aromatic nitrogens is 4. The molecule has 1 amide bonds. The molecule has 144 valence electrons. The summed E-state index contributed by atoms with van der Waals surface area (Å²) in [6.45, 7) is 4.89. The zero-order chi connectivity index (χ0) is 18.8. The van der Waals surface area contributed by atoms with Crippen molar-refractivity contribution in [2.45, 2.75) is 36.2 Å². The first kappa shape index (κ1) is 18.5. The van der Waals surface area contributed by atoms with E-state index in [4.69, 9.17) is 16.3 Å². The minimum atomic E-state index is -0.332. The Labute approximate surface area is 166 Å². The average molecular weight is 409 g/mol. The van der Waals surface area contributed by atoms with Crippen molar-refractivity contribution in [3.8, 4) is 0 Å². The Morgan fingerprint density at radius 3 is 2.78 bits per heavy atom. The Kier molecular flexibility index (Phi) is 5.51. The van der Waals surface area contributed by atoms with Crippen molar-refractivity contribution in [2.75, 3.05) is 36.5 Å². The van der Waals surface area contributed by atoms with Gasteiger partial charge >= 0.3 is 0 Å². The molecule has 2 aliphatic rings. The summed E-state index contributed by atoms with van der Waals surface area (Å²) in [5.74, 6) is 1.23. The van der Waals surface area contributed by atoms with Crippen molar-refractivity contribution >= 4 is 41.0 Å². The summed E-state index contributed by atoms with van der Waals surface area (Å²) in [5.41, 5.74) is 0. The first-order chi connectivity index (χ1) is 13.1. The maximum Gasteiger partial charge on any atom is 0.238 e. The Morgan fingerprint density at radius 2 is 2.11 bits per heavy atom. The molecule has 8 nitrogen and oxygen atoms in total. The van der Waals surface area contributed by atoms with Gasteiger partial charge in [-0.15, -0.1) is 10.2 Å². The number of pyridine rings is 1. The second-order valence-corrected chi connectivity index (χ2v) is 8.34. The number of ether oxygens (including phenoxy) is 1. The fourth-order valence-corrected chi connectivity index (χ4v) is 3.90. The van der Waals surface area contributed by atoms with Crippen LogP contribution >= 0.6 is 23.4 Å². The van der Waals surface area contributed by atoms with Gasteiger partial charge in [-0.05, 0) is 31.9 Å². The van der Waals surface area contributed by atoms with Crippen LogP contribution in [0.2, 0.25) is 5.02 Å². The number of rotatable bonds is 6. The second-order valence-electron chi connectivity index (χ2n) is 6.59. The number of anilines is 2. The molecule has 27 heavy (non-hydrogen) atoms. The molecule has 1 aliphatic heterocycles. The van der Waals surface area contributed by atoms with Gasteiger partial charge in [0.1, 0.15) is 5.82 Å². The largest absolute Gasteiger partial charge is 0.378 e. The quantitative estimate of drug-likeness (QED) is 0.735. The maximum atomic E-state index is 12.5. The Morgan fingerprint density at radius 1 is 1.33 bits per heavy atom. The van der Waals surface area contributed by atoms with Gasteiger partial charge in [0.15, 0.2) is 5.16 Å². The molecule has 3 heterocycles. The van der Waals surface area contributed by atoms with Crippen LogP contribution in [0.4, 0.5) is 11.8 Å². The van der Waals surface area contributed by atoms with Gasteiger partial charge in [-0.25, -0.2) is 4.98 Å². The molecule has 4 rings (SSSR count). The Bertz CT molecular complexity index is 804. The summed E-state index contributed by atoms with van der Waals surface area (Å²) >= 11 is 7.25. The molecular weight excluding hydrogens is 388 g/mol. The monoisotopic (exact) mass is 408 g/mol. The number of thioether (sulfide) groups is 1. The number of nitrogens with one attached hydrogen (secondary N) is 1. The topological polar surface area (TPSA) is 85.2 Å². The van der Waals surface area contributed by atoms with Gasteiger partial charge in [-0.2, -0.15) is 0 Å². The Hall–Kier alpha value is -1.84. The number of carbonyl (C=O) groups is 1. The van der Waals surface area contributed by atoms with E-state index < -0.39 is 0 Å². The van der Waals surface area contributed by atoms with E-state index in [-0.39, 0.29) is 11.2 Å². The zero-order valence-electron chi connectivity index (χ0n) is 15.0. The van der Waals surface area contributed by atoms with E-state index in [0.29, 0.717) is 30.1 Å². The van der Waals surface area contributed by atoms with E-state index in [1.807, 2.05) is 6.92 Å². The van der Waals surface area contributed by atoms with Crippen LogP contribution in [-0.2, 0) is 9.53 Å². The van der Waals surface area contributed by atoms with E-state index in [9.17, 15) is 4.79 Å². The third kappa shape index (κ3) is 4.36. The first-order valence-electron chi connectivity index (χ1n) is 8.98. The molecular formula is C17H21ClN6O2S. The van der Waals surface area contributed by atoms with Crippen molar-refractivity contribution in [2.24, 2.45) is 0 Å². The molecule has 1 aliphatic carbocycles. The molecule has 0 aromatic carbocycles. The minimum absolute atomic E-state index is 0.131. The third-order valence-corrected chi connectivity index (χ3v) is 5.76. The number of halogens is 1. The number of hydrogen-bond donors (Lipinski definition) is 1. The highest BCUT2D eigenvalue weighted by atomic mass is 35.5. The van der Waals surface area contributed by atoms with Crippen molar-refractivity contribution in [3.63, 3.8) is 0 Å². The standard InChI is InChI=1S/C17H21ClN6O2S/c1-11(15(25)20-14-5-2-12(18)10-19-14)27-17-22-21-16(24(17)13-3-4-13)23-6-8-26-9-7-23/h2,5,10-11,13H,3-4,6-9H2,1H3,(H,19,20,25). The lowest BCUT2D eigenvalue weighted by atomic mass is 10.4. The molecule has 1 atom stereocenters. The van der Waals surface area contributed by atoms with Crippen LogP contribution in [0, 0.1) is 0 Å². The van der Waals surface area contributed by atoms with E-state index >= 15 is 0 Å². The maximum absolute atomic E-state index is 12.5. The van der Waals surface area contributed by atoms with Gasteiger partial charge in [0.05, 0.1) is 23.5 Å². The number of amides is 1. The lowest BCUT2D eigenvalue weighted by Crippen LogP contribution is -2.38. The SMILES string of the molecule is CC(Sc1nnc(N2CCOCC2)n1C1CC1)C(=O)Nc1ccc(Cl)cn1. The highest BCUT2D eigenvalue weighted by Crippen LogP contribution is 2.41. The molecule has 1 N–H and O–H groups in total. The summed E-state index contributed by atoms with van der Waals surface area (Å²) in [6.07, 6.45) is 3.75. The van der Waals surface area contributed by atoms with Crippen molar-refractivity contribution < 1.29 is 9.53 Å². The number of morpholine rings is 1. The van der Waals surface area contributed by atoms with Crippen LogP contribution in [0.3, 0.4) is 0 Å². The fraction of sp³-hybridized carbons (Fsp3) is 0.529. The summed E-state index contributed by atoms with van der Waals surface area (Å²) in [6, 6.07) is 3.80. The van der Waals surface area contributed by atoms with Crippen LogP contribution in [-0.4, -0.2) is 57.2 Å². The molecule has 0 bridgehead atoms. The lowest BCUT2D eigenvalue weighted by Gasteiger charge is -2.28. The molecule has 2 fully saturated rings. The van der Waals surface area contributed by atoms with E-state index in [0.717, 1.165) is 37.0 Å². The van der Waals surface area contributed by atoms with Crippen LogP contribution in [0.5, 0.6) is 0 Å². The summed E-state index contributed by atoms with van der Waals surface area (Å²) in [4.78, 5) is 18.8. The number of carbonyl (C=O) groups excluding carboxylic acids is 1. The van der Waals surface area contributed by atoms with Crippen LogP contribution < -0.4 is 10.2 Å².